The molecule has 2 rings (SSSR count). The number of ether oxygens (including phenoxy) is 1. The zero-order chi connectivity index (χ0) is 14.2. The Morgan fingerprint density at radius 2 is 2.00 bits per heavy atom. The van der Waals surface area contributed by atoms with Gasteiger partial charge >= 0.3 is 0 Å². The van der Waals surface area contributed by atoms with Gasteiger partial charge < -0.3 is 9.84 Å². The van der Waals surface area contributed by atoms with E-state index in [1.807, 2.05) is 6.07 Å². The van der Waals surface area contributed by atoms with E-state index in [2.05, 4.69) is 42.2 Å². The second kappa shape index (κ2) is 8.20. The normalized spacial score (nSPS) is 18.4. The molecule has 0 atom stereocenters. The topological polar surface area (TPSA) is 32.7 Å². The fourth-order valence-electron chi connectivity index (χ4n) is 2.69. The smallest absolute Gasteiger partial charge is 0.0701 e. The molecule has 0 aromatic heterocycles. The van der Waals surface area contributed by atoms with Crippen LogP contribution in [0.2, 0.25) is 0 Å². The highest BCUT2D eigenvalue weighted by Gasteiger charge is 2.19. The molecule has 0 bridgehead atoms. The molecule has 0 saturated carbocycles. The van der Waals surface area contributed by atoms with Crippen LogP contribution in [0.5, 0.6) is 0 Å². The highest BCUT2D eigenvalue weighted by molar-refractivity contribution is 5.52. The van der Waals surface area contributed by atoms with Gasteiger partial charge in [0.05, 0.1) is 19.3 Å². The summed E-state index contributed by atoms with van der Waals surface area (Å²) in [5.74, 6) is 0. The van der Waals surface area contributed by atoms with Gasteiger partial charge in [-0.1, -0.05) is 42.0 Å². The Balaban J connectivity index is 1.76. The Labute approximate surface area is 121 Å². The molecule has 1 aromatic rings. The molecule has 1 saturated heterocycles. The van der Waals surface area contributed by atoms with E-state index >= 15 is 0 Å². The van der Waals surface area contributed by atoms with Crippen molar-refractivity contribution in [1.82, 2.24) is 4.90 Å². The third-order valence-electron chi connectivity index (χ3n) is 3.67. The minimum Gasteiger partial charge on any atom is -0.394 e. The first-order chi connectivity index (χ1) is 9.78. The standard InChI is InChI=1S/C17H25NO2/c1-15(13-16-5-3-2-4-6-16)14-18-9-7-17(8-10-18)20-12-11-19/h2-6,13,17,19H,7-12,14H2,1H3/b15-13+. The largest absolute Gasteiger partial charge is 0.394 e. The highest BCUT2D eigenvalue weighted by atomic mass is 16.5. The maximum absolute atomic E-state index is 8.77. The van der Waals surface area contributed by atoms with Crippen molar-refractivity contribution in [2.45, 2.75) is 25.9 Å². The van der Waals surface area contributed by atoms with Crippen LogP contribution in [0.25, 0.3) is 6.08 Å². The Morgan fingerprint density at radius 3 is 2.65 bits per heavy atom. The van der Waals surface area contributed by atoms with E-state index in [4.69, 9.17) is 9.84 Å². The lowest BCUT2D eigenvalue weighted by Gasteiger charge is -2.32. The van der Waals surface area contributed by atoms with Crippen LogP contribution < -0.4 is 0 Å². The maximum atomic E-state index is 8.77. The van der Waals surface area contributed by atoms with Crippen molar-refractivity contribution in [1.29, 1.82) is 0 Å². The highest BCUT2D eigenvalue weighted by Crippen LogP contribution is 2.15. The number of rotatable bonds is 6. The van der Waals surface area contributed by atoms with E-state index in [9.17, 15) is 0 Å². The average molecular weight is 275 g/mol. The number of hydrogen-bond acceptors (Lipinski definition) is 3. The van der Waals surface area contributed by atoms with Gasteiger partial charge in [0.2, 0.25) is 0 Å². The Bertz CT molecular complexity index is 408. The van der Waals surface area contributed by atoms with Crippen LogP contribution in [-0.4, -0.2) is 49.0 Å². The van der Waals surface area contributed by atoms with Crippen LogP contribution in [-0.2, 0) is 4.74 Å². The SMILES string of the molecule is C/C(=C\c1ccccc1)CN1CCC(OCCO)CC1. The molecule has 0 unspecified atom stereocenters. The molecule has 3 heteroatoms. The summed E-state index contributed by atoms with van der Waals surface area (Å²) in [6.45, 7) is 5.98. The summed E-state index contributed by atoms with van der Waals surface area (Å²) in [7, 11) is 0. The van der Waals surface area contributed by atoms with E-state index in [1.165, 1.54) is 11.1 Å². The van der Waals surface area contributed by atoms with E-state index in [1.54, 1.807) is 0 Å². The summed E-state index contributed by atoms with van der Waals surface area (Å²) >= 11 is 0. The zero-order valence-corrected chi connectivity index (χ0v) is 12.3. The van der Waals surface area contributed by atoms with E-state index < -0.39 is 0 Å². The molecule has 20 heavy (non-hydrogen) atoms. The van der Waals surface area contributed by atoms with Crippen LogP contribution in [0.15, 0.2) is 35.9 Å². The quantitative estimate of drug-likeness (QED) is 0.866. The molecule has 110 valence electrons. The molecule has 1 N–H and O–H groups in total. The maximum Gasteiger partial charge on any atom is 0.0701 e. The Morgan fingerprint density at radius 1 is 1.30 bits per heavy atom. The minimum atomic E-state index is 0.124. The van der Waals surface area contributed by atoms with Crippen LogP contribution in [0.1, 0.15) is 25.3 Å². The lowest BCUT2D eigenvalue weighted by molar-refractivity contribution is -0.00623. The Hall–Kier alpha value is -1.16. The van der Waals surface area contributed by atoms with Gasteiger partial charge in [0.25, 0.3) is 0 Å². The first kappa shape index (κ1) is 15.2. The molecule has 1 aliphatic rings. The van der Waals surface area contributed by atoms with Gasteiger partial charge in [-0.2, -0.15) is 0 Å². The molecule has 0 amide bonds. The summed E-state index contributed by atoms with van der Waals surface area (Å²) in [6.07, 6.45) is 4.72. The van der Waals surface area contributed by atoms with E-state index in [0.717, 1.165) is 32.5 Å². The van der Waals surface area contributed by atoms with E-state index in [-0.39, 0.29) is 6.61 Å². The molecular formula is C17H25NO2. The number of benzene rings is 1. The monoisotopic (exact) mass is 275 g/mol. The molecule has 1 aliphatic heterocycles. The number of hydrogen-bond donors (Lipinski definition) is 1. The van der Waals surface area contributed by atoms with Crippen molar-refractivity contribution in [2.24, 2.45) is 0 Å². The number of aliphatic hydroxyl groups is 1. The third-order valence-corrected chi connectivity index (χ3v) is 3.67. The van der Waals surface area contributed by atoms with Gasteiger partial charge in [0.1, 0.15) is 0 Å². The molecule has 0 aliphatic carbocycles. The summed E-state index contributed by atoms with van der Waals surface area (Å²) in [6, 6.07) is 10.5. The Kier molecular flexibility index (Phi) is 6.25. The fraction of sp³-hybridized carbons (Fsp3) is 0.529. The molecule has 0 spiro atoms. The third kappa shape index (κ3) is 5.08. The summed E-state index contributed by atoms with van der Waals surface area (Å²) in [5.41, 5.74) is 2.66. The second-order valence-corrected chi connectivity index (χ2v) is 5.47. The average Bonchev–Trinajstić information content (AvgIpc) is 2.47. The molecular weight excluding hydrogens is 250 g/mol. The van der Waals surface area contributed by atoms with Crippen molar-refractivity contribution in [3.8, 4) is 0 Å². The van der Waals surface area contributed by atoms with Crippen LogP contribution in [0.3, 0.4) is 0 Å². The van der Waals surface area contributed by atoms with Crippen molar-refractivity contribution in [3.05, 3.63) is 41.5 Å². The number of aliphatic hydroxyl groups excluding tert-OH is 1. The second-order valence-electron chi connectivity index (χ2n) is 5.47. The number of nitrogens with zero attached hydrogens (tertiary/aromatic N) is 1. The van der Waals surface area contributed by atoms with Crippen molar-refractivity contribution in [2.75, 3.05) is 32.8 Å². The molecule has 1 heterocycles. The molecule has 1 fully saturated rings. The van der Waals surface area contributed by atoms with Gasteiger partial charge in [-0.15, -0.1) is 0 Å². The van der Waals surface area contributed by atoms with Gasteiger partial charge in [-0.25, -0.2) is 0 Å². The lowest BCUT2D eigenvalue weighted by Crippen LogP contribution is -2.38. The first-order valence-corrected chi connectivity index (χ1v) is 7.45. The van der Waals surface area contributed by atoms with Gasteiger partial charge in [-0.05, 0) is 25.3 Å². The molecule has 0 radical (unpaired) electrons. The summed E-state index contributed by atoms with van der Waals surface area (Å²) in [5, 5.41) is 8.77. The molecule has 1 aromatic carbocycles. The van der Waals surface area contributed by atoms with Crippen molar-refractivity contribution >= 4 is 6.08 Å². The van der Waals surface area contributed by atoms with Crippen LogP contribution >= 0.6 is 0 Å². The predicted molar refractivity (Wildman–Crippen MR) is 82.6 cm³/mol. The van der Waals surface area contributed by atoms with Gasteiger partial charge in [-0.3, -0.25) is 4.90 Å². The van der Waals surface area contributed by atoms with Crippen molar-refractivity contribution < 1.29 is 9.84 Å². The van der Waals surface area contributed by atoms with Gasteiger partial charge in [0, 0.05) is 19.6 Å². The summed E-state index contributed by atoms with van der Waals surface area (Å²) in [4.78, 5) is 2.48. The lowest BCUT2D eigenvalue weighted by atomic mass is 10.1. The van der Waals surface area contributed by atoms with Gasteiger partial charge in [0.15, 0.2) is 0 Å². The van der Waals surface area contributed by atoms with E-state index in [0.29, 0.717) is 12.7 Å². The number of likely N-dealkylation sites (tertiary alicyclic amines) is 1. The first-order valence-electron chi connectivity index (χ1n) is 7.45. The summed E-state index contributed by atoms with van der Waals surface area (Å²) < 4.78 is 5.59. The number of piperidine rings is 1. The zero-order valence-electron chi connectivity index (χ0n) is 12.3. The van der Waals surface area contributed by atoms with Crippen molar-refractivity contribution in [3.63, 3.8) is 0 Å². The predicted octanol–water partition coefficient (Wildman–Crippen LogP) is 2.56. The fourth-order valence-corrected chi connectivity index (χ4v) is 2.69. The molecule has 3 nitrogen and oxygen atoms in total. The van der Waals surface area contributed by atoms with Crippen LogP contribution in [0.4, 0.5) is 0 Å². The minimum absolute atomic E-state index is 0.124. The van der Waals surface area contributed by atoms with Crippen LogP contribution in [0, 0.1) is 0 Å².